The molecule has 5 heteroatoms. The molecule has 21 heavy (non-hydrogen) atoms. The predicted molar refractivity (Wildman–Crippen MR) is 84.8 cm³/mol. The van der Waals surface area contributed by atoms with Crippen molar-refractivity contribution in [3.63, 3.8) is 0 Å². The number of halogens is 1. The molecule has 0 bridgehead atoms. The molecular formula is C16H19FN2OS. The van der Waals surface area contributed by atoms with Crippen molar-refractivity contribution >= 4 is 17.7 Å². The maximum Gasteiger partial charge on any atom is 0.256 e. The smallest absolute Gasteiger partial charge is 0.256 e. The highest BCUT2D eigenvalue weighted by Gasteiger charge is 2.25. The molecule has 0 spiro atoms. The van der Waals surface area contributed by atoms with Gasteiger partial charge in [-0.15, -0.1) is 0 Å². The van der Waals surface area contributed by atoms with Crippen molar-refractivity contribution < 1.29 is 9.18 Å². The summed E-state index contributed by atoms with van der Waals surface area (Å²) < 4.78 is 14.1. The molecule has 0 radical (unpaired) electrons. The Morgan fingerprint density at radius 1 is 1.57 bits per heavy atom. The van der Waals surface area contributed by atoms with Crippen molar-refractivity contribution in [1.82, 2.24) is 4.90 Å². The van der Waals surface area contributed by atoms with Crippen molar-refractivity contribution in [3.8, 4) is 11.8 Å². The zero-order valence-electron chi connectivity index (χ0n) is 12.1. The average Bonchev–Trinajstić information content (AvgIpc) is 2.52. The highest BCUT2D eigenvalue weighted by Crippen LogP contribution is 2.23. The first-order valence-electron chi connectivity index (χ1n) is 7.05. The summed E-state index contributed by atoms with van der Waals surface area (Å²) in [6, 6.07) is 4.47. The maximum atomic E-state index is 14.1. The summed E-state index contributed by atoms with van der Waals surface area (Å²) >= 11 is 1.88. The van der Waals surface area contributed by atoms with E-state index in [1.807, 2.05) is 11.8 Å². The molecule has 1 heterocycles. The largest absolute Gasteiger partial charge is 0.337 e. The van der Waals surface area contributed by atoms with E-state index in [1.165, 1.54) is 12.1 Å². The van der Waals surface area contributed by atoms with Crippen LogP contribution in [0.25, 0.3) is 0 Å². The number of benzene rings is 1. The van der Waals surface area contributed by atoms with E-state index in [-0.39, 0.29) is 18.0 Å². The SMILES string of the molecule is CCC1CN(C(=O)c2ccc(C#CCN)cc2F)CCS1. The van der Waals surface area contributed by atoms with Gasteiger partial charge in [0.25, 0.3) is 5.91 Å². The number of hydrogen-bond acceptors (Lipinski definition) is 3. The van der Waals surface area contributed by atoms with Crippen LogP contribution in [0.5, 0.6) is 0 Å². The molecule has 1 atom stereocenters. The van der Waals surface area contributed by atoms with E-state index < -0.39 is 5.82 Å². The van der Waals surface area contributed by atoms with Gasteiger partial charge in [-0.3, -0.25) is 4.79 Å². The number of nitrogens with zero attached hydrogens (tertiary/aromatic N) is 1. The molecule has 2 N–H and O–H groups in total. The molecule has 1 fully saturated rings. The van der Waals surface area contributed by atoms with Gasteiger partial charge in [0.05, 0.1) is 12.1 Å². The molecule has 1 aliphatic heterocycles. The summed E-state index contributed by atoms with van der Waals surface area (Å²) in [5, 5.41) is 0.445. The molecule has 1 aromatic carbocycles. The first-order chi connectivity index (χ1) is 10.2. The Labute approximate surface area is 129 Å². The van der Waals surface area contributed by atoms with Crippen molar-refractivity contribution in [2.75, 3.05) is 25.4 Å². The maximum absolute atomic E-state index is 14.1. The third-order valence-corrected chi connectivity index (χ3v) is 4.79. The molecule has 1 aliphatic rings. The fraction of sp³-hybridized carbons (Fsp3) is 0.438. The molecule has 0 saturated carbocycles. The fourth-order valence-electron chi connectivity index (χ4n) is 2.24. The summed E-state index contributed by atoms with van der Waals surface area (Å²) in [6.07, 6.45) is 1.02. The number of carbonyl (C=O) groups is 1. The van der Waals surface area contributed by atoms with Gasteiger partial charge in [0.2, 0.25) is 0 Å². The molecule has 1 amide bonds. The lowest BCUT2D eigenvalue weighted by Crippen LogP contribution is -2.42. The third kappa shape index (κ3) is 3.99. The number of nitrogens with two attached hydrogens (primary N) is 1. The lowest BCUT2D eigenvalue weighted by atomic mass is 10.1. The molecule has 1 unspecified atom stereocenters. The average molecular weight is 306 g/mol. The summed E-state index contributed by atoms with van der Waals surface area (Å²) in [6.45, 7) is 3.70. The van der Waals surface area contributed by atoms with Gasteiger partial charge in [0.15, 0.2) is 0 Å². The van der Waals surface area contributed by atoms with Crippen LogP contribution in [-0.4, -0.2) is 41.4 Å². The lowest BCUT2D eigenvalue weighted by molar-refractivity contribution is 0.0756. The summed E-state index contributed by atoms with van der Waals surface area (Å²) in [5.41, 5.74) is 5.94. The minimum Gasteiger partial charge on any atom is -0.337 e. The normalized spacial score (nSPS) is 18.0. The number of hydrogen-bond donors (Lipinski definition) is 1. The Morgan fingerprint density at radius 2 is 2.38 bits per heavy atom. The van der Waals surface area contributed by atoms with E-state index in [2.05, 4.69) is 18.8 Å². The minimum absolute atomic E-state index is 0.120. The van der Waals surface area contributed by atoms with Gasteiger partial charge < -0.3 is 10.6 Å². The first-order valence-corrected chi connectivity index (χ1v) is 8.10. The summed E-state index contributed by atoms with van der Waals surface area (Å²) in [5.74, 6) is 5.59. The summed E-state index contributed by atoms with van der Waals surface area (Å²) in [7, 11) is 0. The van der Waals surface area contributed by atoms with E-state index in [0.717, 1.165) is 12.2 Å². The Kier molecular flexibility index (Phi) is 5.66. The van der Waals surface area contributed by atoms with Gasteiger partial charge in [-0.2, -0.15) is 11.8 Å². The lowest BCUT2D eigenvalue weighted by Gasteiger charge is -2.32. The van der Waals surface area contributed by atoms with Crippen LogP contribution in [0.15, 0.2) is 18.2 Å². The molecular weight excluding hydrogens is 287 g/mol. The Hall–Kier alpha value is -1.51. The van der Waals surface area contributed by atoms with Crippen LogP contribution in [-0.2, 0) is 0 Å². The van der Waals surface area contributed by atoms with Gasteiger partial charge in [0, 0.05) is 29.7 Å². The van der Waals surface area contributed by atoms with E-state index in [1.54, 1.807) is 11.0 Å². The molecule has 2 rings (SSSR count). The molecule has 3 nitrogen and oxygen atoms in total. The molecule has 1 saturated heterocycles. The van der Waals surface area contributed by atoms with Gasteiger partial charge in [-0.1, -0.05) is 18.8 Å². The van der Waals surface area contributed by atoms with Crippen molar-refractivity contribution in [2.24, 2.45) is 5.73 Å². The monoisotopic (exact) mass is 306 g/mol. The number of carbonyl (C=O) groups excluding carboxylic acids is 1. The standard InChI is InChI=1S/C16H19FN2OS/c1-2-13-11-19(8-9-21-13)16(20)14-6-5-12(4-3-7-18)10-15(14)17/h5-6,10,13H,2,7-9,11,18H2,1H3. The van der Waals surface area contributed by atoms with E-state index >= 15 is 0 Å². The van der Waals surface area contributed by atoms with Crippen molar-refractivity contribution in [3.05, 3.63) is 35.1 Å². The zero-order valence-corrected chi connectivity index (χ0v) is 12.9. The molecule has 1 aromatic rings. The number of rotatable bonds is 2. The van der Waals surface area contributed by atoms with E-state index in [0.29, 0.717) is 23.9 Å². The van der Waals surface area contributed by atoms with Crippen LogP contribution >= 0.6 is 11.8 Å². The topological polar surface area (TPSA) is 46.3 Å². The predicted octanol–water partition coefficient (Wildman–Crippen LogP) is 2.10. The van der Waals surface area contributed by atoms with E-state index in [4.69, 9.17) is 5.73 Å². The van der Waals surface area contributed by atoms with Crippen LogP contribution in [0.3, 0.4) is 0 Å². The van der Waals surface area contributed by atoms with Gasteiger partial charge in [0.1, 0.15) is 5.82 Å². The van der Waals surface area contributed by atoms with Crippen molar-refractivity contribution in [2.45, 2.75) is 18.6 Å². The first kappa shape index (κ1) is 15.9. The molecule has 0 aliphatic carbocycles. The van der Waals surface area contributed by atoms with Crippen LogP contribution in [0.1, 0.15) is 29.3 Å². The second kappa shape index (κ2) is 7.48. The van der Waals surface area contributed by atoms with Crippen LogP contribution in [0.4, 0.5) is 4.39 Å². The van der Waals surface area contributed by atoms with Gasteiger partial charge in [-0.05, 0) is 24.6 Å². The summed E-state index contributed by atoms with van der Waals surface area (Å²) in [4.78, 5) is 14.2. The third-order valence-electron chi connectivity index (χ3n) is 3.42. The van der Waals surface area contributed by atoms with Gasteiger partial charge in [-0.25, -0.2) is 4.39 Å². The Balaban J connectivity index is 2.15. The van der Waals surface area contributed by atoms with Crippen LogP contribution in [0.2, 0.25) is 0 Å². The second-order valence-electron chi connectivity index (χ2n) is 4.85. The fourth-order valence-corrected chi connectivity index (χ4v) is 3.42. The van der Waals surface area contributed by atoms with Crippen LogP contribution in [0, 0.1) is 17.7 Å². The van der Waals surface area contributed by atoms with E-state index in [9.17, 15) is 9.18 Å². The zero-order chi connectivity index (χ0) is 15.2. The number of thioether (sulfide) groups is 1. The second-order valence-corrected chi connectivity index (χ2v) is 6.26. The Morgan fingerprint density at radius 3 is 3.05 bits per heavy atom. The van der Waals surface area contributed by atoms with Gasteiger partial charge >= 0.3 is 0 Å². The van der Waals surface area contributed by atoms with Crippen molar-refractivity contribution in [1.29, 1.82) is 0 Å². The Bertz CT molecular complexity index is 579. The molecule has 112 valence electrons. The van der Waals surface area contributed by atoms with Crippen LogP contribution < -0.4 is 5.73 Å². The highest BCUT2D eigenvalue weighted by atomic mass is 32.2. The minimum atomic E-state index is -0.518. The quantitative estimate of drug-likeness (QED) is 0.851. The molecule has 0 aromatic heterocycles. The highest BCUT2D eigenvalue weighted by molar-refractivity contribution is 8.00. The number of amides is 1.